The average Bonchev–Trinajstić information content (AvgIpc) is 2.31. The van der Waals surface area contributed by atoms with Gasteiger partial charge >= 0.3 is 0 Å². The molecule has 0 saturated carbocycles. The van der Waals surface area contributed by atoms with Gasteiger partial charge in [-0.25, -0.2) is 13.2 Å². The van der Waals surface area contributed by atoms with Crippen LogP contribution in [0, 0.1) is 11.2 Å². The van der Waals surface area contributed by atoms with Crippen LogP contribution < -0.4 is 4.74 Å². The second-order valence-corrected chi connectivity index (χ2v) is 6.44. The number of benzene rings is 1. The van der Waals surface area contributed by atoms with Crippen LogP contribution in [0.15, 0.2) is 22.6 Å². The van der Waals surface area contributed by atoms with Crippen LogP contribution in [0.5, 0.6) is 5.75 Å². The van der Waals surface area contributed by atoms with Gasteiger partial charge in [0.25, 0.3) is 0 Å². The Hall–Kier alpha value is -1.10. The van der Waals surface area contributed by atoms with Crippen molar-refractivity contribution in [3.8, 4) is 5.75 Å². The van der Waals surface area contributed by atoms with E-state index in [1.807, 2.05) is 0 Å². The fraction of sp³-hybridized carbons (Fsp3) is 0.500. The Labute approximate surface area is 116 Å². The van der Waals surface area contributed by atoms with Gasteiger partial charge in [0, 0.05) is 11.3 Å². The monoisotopic (exact) mass is 285 g/mol. The lowest BCUT2D eigenvalue weighted by molar-refractivity contribution is 0.222. The molecule has 0 spiro atoms. The molecule has 0 bridgehead atoms. The average molecular weight is 285 g/mol. The molecule has 0 aliphatic carbocycles. The lowest BCUT2D eigenvalue weighted by Crippen LogP contribution is -2.30. The van der Waals surface area contributed by atoms with E-state index in [2.05, 4.69) is 25.2 Å². The molecular weight excluding hydrogens is 268 g/mol. The van der Waals surface area contributed by atoms with Gasteiger partial charge in [-0.15, -0.1) is 0 Å². The number of hydrogen-bond acceptors (Lipinski definition) is 3. The molecular formula is C14H17F2NOS. The van der Waals surface area contributed by atoms with Gasteiger partial charge < -0.3 is 4.74 Å². The lowest BCUT2D eigenvalue weighted by atomic mass is 10.0. The first-order valence-electron chi connectivity index (χ1n) is 6.14. The Morgan fingerprint density at radius 2 is 2.16 bits per heavy atom. The number of nitrogens with zero attached hydrogens (tertiary/aromatic N) is 1. The third kappa shape index (κ3) is 3.47. The van der Waals surface area contributed by atoms with E-state index in [1.165, 1.54) is 18.0 Å². The van der Waals surface area contributed by atoms with Crippen LogP contribution in [0.2, 0.25) is 0 Å². The number of alkyl halides is 1. The highest BCUT2D eigenvalue weighted by molar-refractivity contribution is 7.98. The zero-order chi connectivity index (χ0) is 14.0. The first-order chi connectivity index (χ1) is 8.88. The molecule has 1 aliphatic rings. The summed E-state index contributed by atoms with van der Waals surface area (Å²) in [4.78, 5) is 0. The summed E-state index contributed by atoms with van der Waals surface area (Å²) in [6, 6.07) is 4.48. The molecule has 1 aromatic carbocycles. The van der Waals surface area contributed by atoms with E-state index in [4.69, 9.17) is 4.74 Å². The third-order valence-corrected chi connectivity index (χ3v) is 3.90. The standard InChI is InChI=1S/C14H17F2NOS/c1-14(2,3)8-19-17-12-9-5-4-6-10(15)13(9)18-7-11(12)16/h4-6,11H,7-8H2,1-3H3. The molecule has 0 fully saturated rings. The highest BCUT2D eigenvalue weighted by Gasteiger charge is 2.28. The summed E-state index contributed by atoms with van der Waals surface area (Å²) in [6.07, 6.45) is -1.30. The Balaban J connectivity index is 2.26. The Morgan fingerprint density at radius 1 is 1.42 bits per heavy atom. The van der Waals surface area contributed by atoms with Crippen LogP contribution in [0.25, 0.3) is 0 Å². The van der Waals surface area contributed by atoms with Crippen molar-refractivity contribution in [2.24, 2.45) is 9.81 Å². The van der Waals surface area contributed by atoms with E-state index < -0.39 is 12.0 Å². The lowest BCUT2D eigenvalue weighted by Gasteiger charge is -2.23. The van der Waals surface area contributed by atoms with Gasteiger partial charge in [-0.2, -0.15) is 0 Å². The third-order valence-electron chi connectivity index (χ3n) is 2.57. The van der Waals surface area contributed by atoms with Gasteiger partial charge in [-0.3, -0.25) is 0 Å². The molecule has 0 aromatic heterocycles. The van der Waals surface area contributed by atoms with Gasteiger partial charge in [-0.05, 0) is 29.5 Å². The molecule has 0 N–H and O–H groups in total. The number of fused-ring (bicyclic) bond motifs is 1. The number of hydrogen-bond donors (Lipinski definition) is 0. The number of para-hydroxylation sites is 1. The summed E-state index contributed by atoms with van der Waals surface area (Å²) < 4.78 is 36.8. The Morgan fingerprint density at radius 3 is 2.84 bits per heavy atom. The molecule has 0 saturated heterocycles. The van der Waals surface area contributed by atoms with E-state index in [9.17, 15) is 8.78 Å². The Kier molecular flexibility index (Phi) is 4.13. The van der Waals surface area contributed by atoms with E-state index in [-0.39, 0.29) is 23.5 Å². The van der Waals surface area contributed by atoms with Crippen LogP contribution in [0.1, 0.15) is 26.3 Å². The second kappa shape index (κ2) is 5.49. The maximum absolute atomic E-state index is 13.9. The number of rotatable bonds is 2. The van der Waals surface area contributed by atoms with Crippen molar-refractivity contribution in [1.29, 1.82) is 0 Å². The SMILES string of the molecule is CC(C)(C)CSN=C1c2cccc(F)c2OCC1F. The minimum absolute atomic E-state index is 0.103. The fourth-order valence-corrected chi connectivity index (χ4v) is 2.47. The van der Waals surface area contributed by atoms with E-state index in [1.54, 1.807) is 12.1 Å². The minimum atomic E-state index is -1.30. The maximum atomic E-state index is 13.9. The quantitative estimate of drug-likeness (QED) is 0.765. The predicted octanol–water partition coefficient (Wildman–Crippen LogP) is 4.04. The maximum Gasteiger partial charge on any atom is 0.177 e. The summed E-state index contributed by atoms with van der Waals surface area (Å²) in [5, 5.41) is 0. The molecule has 1 aliphatic heterocycles. The van der Waals surface area contributed by atoms with E-state index in [0.29, 0.717) is 5.56 Å². The smallest absolute Gasteiger partial charge is 0.177 e. The van der Waals surface area contributed by atoms with Crippen molar-refractivity contribution >= 4 is 17.7 Å². The van der Waals surface area contributed by atoms with Crippen molar-refractivity contribution in [2.75, 3.05) is 12.4 Å². The van der Waals surface area contributed by atoms with Crippen molar-refractivity contribution in [1.82, 2.24) is 0 Å². The van der Waals surface area contributed by atoms with Crippen LogP contribution in [0.3, 0.4) is 0 Å². The van der Waals surface area contributed by atoms with Crippen molar-refractivity contribution < 1.29 is 13.5 Å². The summed E-state index contributed by atoms with van der Waals surface area (Å²) in [6.45, 7) is 6.09. The molecule has 2 rings (SSSR count). The normalized spacial score (nSPS) is 21.1. The highest BCUT2D eigenvalue weighted by atomic mass is 32.2. The molecule has 104 valence electrons. The fourth-order valence-electron chi connectivity index (χ4n) is 1.66. The molecule has 2 nitrogen and oxygen atoms in total. The first-order valence-corrected chi connectivity index (χ1v) is 7.08. The highest BCUT2D eigenvalue weighted by Crippen LogP contribution is 2.31. The van der Waals surface area contributed by atoms with Crippen molar-refractivity contribution in [3.63, 3.8) is 0 Å². The topological polar surface area (TPSA) is 21.6 Å². The second-order valence-electron chi connectivity index (χ2n) is 5.71. The predicted molar refractivity (Wildman–Crippen MR) is 75.2 cm³/mol. The zero-order valence-corrected chi connectivity index (χ0v) is 12.1. The Bertz CT molecular complexity index is 497. The van der Waals surface area contributed by atoms with Crippen LogP contribution >= 0.6 is 11.9 Å². The summed E-state index contributed by atoms with van der Waals surface area (Å²) in [5.41, 5.74) is 0.798. The van der Waals surface area contributed by atoms with Crippen LogP contribution in [0.4, 0.5) is 8.78 Å². The summed E-state index contributed by atoms with van der Waals surface area (Å²) >= 11 is 1.31. The van der Waals surface area contributed by atoms with Crippen molar-refractivity contribution in [2.45, 2.75) is 26.9 Å². The van der Waals surface area contributed by atoms with Gasteiger partial charge in [-0.1, -0.05) is 26.8 Å². The van der Waals surface area contributed by atoms with Gasteiger partial charge in [0.15, 0.2) is 17.7 Å². The largest absolute Gasteiger partial charge is 0.486 e. The van der Waals surface area contributed by atoms with Gasteiger partial charge in [0.05, 0.1) is 5.71 Å². The molecule has 1 heterocycles. The number of ether oxygens (including phenoxy) is 1. The van der Waals surface area contributed by atoms with Crippen molar-refractivity contribution in [3.05, 3.63) is 29.6 Å². The summed E-state index contributed by atoms with van der Waals surface area (Å²) in [5.74, 6) is 0.402. The molecule has 0 amide bonds. The first kappa shape index (κ1) is 14.3. The molecule has 5 heteroatoms. The number of halogens is 2. The molecule has 19 heavy (non-hydrogen) atoms. The van der Waals surface area contributed by atoms with Crippen LogP contribution in [-0.2, 0) is 0 Å². The molecule has 1 aromatic rings. The minimum Gasteiger partial charge on any atom is -0.486 e. The molecule has 1 atom stereocenters. The van der Waals surface area contributed by atoms with Gasteiger partial charge in [0.2, 0.25) is 0 Å². The molecule has 1 unspecified atom stereocenters. The van der Waals surface area contributed by atoms with E-state index >= 15 is 0 Å². The van der Waals surface area contributed by atoms with Crippen LogP contribution in [-0.4, -0.2) is 24.2 Å². The zero-order valence-electron chi connectivity index (χ0n) is 11.2. The summed E-state index contributed by atoms with van der Waals surface area (Å²) in [7, 11) is 0. The van der Waals surface area contributed by atoms with E-state index in [0.717, 1.165) is 5.75 Å². The van der Waals surface area contributed by atoms with Gasteiger partial charge in [0.1, 0.15) is 6.61 Å². The molecule has 0 radical (unpaired) electrons.